The molecule has 3 rings (SSSR count). The van der Waals surface area contributed by atoms with Crippen molar-refractivity contribution >= 4 is 22.8 Å². The molecule has 3 aromatic rings. The molecular weight excluding hydrogens is 306 g/mol. The Morgan fingerprint density at radius 3 is 2.92 bits per heavy atom. The summed E-state index contributed by atoms with van der Waals surface area (Å²) < 4.78 is 7.19. The van der Waals surface area contributed by atoms with E-state index in [2.05, 4.69) is 25.1 Å². The average Bonchev–Trinajstić information content (AvgIpc) is 3.19. The van der Waals surface area contributed by atoms with E-state index in [-0.39, 0.29) is 11.8 Å². The molecule has 0 aliphatic rings. The summed E-state index contributed by atoms with van der Waals surface area (Å²) in [5.74, 6) is 1.03. The molecular formula is C17H21N5O2. The zero-order valence-corrected chi connectivity index (χ0v) is 14.0. The van der Waals surface area contributed by atoms with Crippen molar-refractivity contribution in [2.24, 2.45) is 0 Å². The topological polar surface area (TPSA) is 84.8 Å². The Kier molecular flexibility index (Phi) is 4.61. The number of aromatic amines is 1. The number of amides is 1. The third-order valence-electron chi connectivity index (χ3n) is 3.85. The SMILES string of the molecule is COCCn1ccc2ccc(C(=O)Nc3n[nH]c(C(C)C)n3)cc21. The minimum atomic E-state index is -0.231. The number of hydrogen-bond acceptors (Lipinski definition) is 4. The molecule has 0 spiro atoms. The van der Waals surface area contributed by atoms with E-state index in [1.807, 2.05) is 38.2 Å². The number of ether oxygens (including phenoxy) is 1. The van der Waals surface area contributed by atoms with Crippen LogP contribution in [0.1, 0.15) is 35.9 Å². The summed E-state index contributed by atoms with van der Waals surface area (Å²) in [5, 5.41) is 10.7. The molecule has 0 saturated heterocycles. The highest BCUT2D eigenvalue weighted by molar-refractivity contribution is 6.05. The summed E-state index contributed by atoms with van der Waals surface area (Å²) in [5.41, 5.74) is 1.56. The van der Waals surface area contributed by atoms with Crippen LogP contribution in [0.3, 0.4) is 0 Å². The lowest BCUT2D eigenvalue weighted by Crippen LogP contribution is -2.13. The molecule has 0 unspecified atom stereocenters. The fourth-order valence-corrected chi connectivity index (χ4v) is 2.47. The first-order chi connectivity index (χ1) is 11.6. The Bertz CT molecular complexity index is 850. The molecule has 2 aromatic heterocycles. The van der Waals surface area contributed by atoms with Crippen LogP contribution >= 0.6 is 0 Å². The van der Waals surface area contributed by atoms with E-state index in [0.717, 1.165) is 23.3 Å². The van der Waals surface area contributed by atoms with Crippen molar-refractivity contribution < 1.29 is 9.53 Å². The number of nitrogens with zero attached hydrogens (tertiary/aromatic N) is 3. The Morgan fingerprint density at radius 1 is 1.38 bits per heavy atom. The Hall–Kier alpha value is -2.67. The first-order valence-corrected chi connectivity index (χ1v) is 7.90. The van der Waals surface area contributed by atoms with Crippen molar-refractivity contribution in [3.63, 3.8) is 0 Å². The number of H-pyrrole nitrogens is 1. The van der Waals surface area contributed by atoms with E-state index < -0.39 is 0 Å². The molecule has 0 aliphatic carbocycles. The number of anilines is 1. The summed E-state index contributed by atoms with van der Waals surface area (Å²) in [6.07, 6.45) is 2.00. The van der Waals surface area contributed by atoms with Gasteiger partial charge in [-0.15, -0.1) is 5.10 Å². The van der Waals surface area contributed by atoms with Gasteiger partial charge in [0.2, 0.25) is 5.95 Å². The van der Waals surface area contributed by atoms with Gasteiger partial charge in [0.1, 0.15) is 5.82 Å². The zero-order chi connectivity index (χ0) is 17.1. The van der Waals surface area contributed by atoms with Gasteiger partial charge in [-0.1, -0.05) is 19.9 Å². The van der Waals surface area contributed by atoms with E-state index in [9.17, 15) is 4.79 Å². The van der Waals surface area contributed by atoms with Crippen LogP contribution in [0.15, 0.2) is 30.5 Å². The number of benzene rings is 1. The molecule has 0 fully saturated rings. The van der Waals surface area contributed by atoms with Gasteiger partial charge in [-0.2, -0.15) is 4.98 Å². The predicted molar refractivity (Wildman–Crippen MR) is 92.2 cm³/mol. The third-order valence-corrected chi connectivity index (χ3v) is 3.85. The van der Waals surface area contributed by atoms with E-state index in [1.165, 1.54) is 0 Å². The lowest BCUT2D eigenvalue weighted by molar-refractivity contribution is 0.102. The van der Waals surface area contributed by atoms with Gasteiger partial charge in [0.15, 0.2) is 0 Å². The molecule has 0 saturated carbocycles. The molecule has 1 aromatic carbocycles. The van der Waals surface area contributed by atoms with E-state index in [4.69, 9.17) is 4.74 Å². The average molecular weight is 327 g/mol. The van der Waals surface area contributed by atoms with Crippen molar-refractivity contribution in [3.8, 4) is 0 Å². The first kappa shape index (κ1) is 16.2. The van der Waals surface area contributed by atoms with Crippen LogP contribution < -0.4 is 5.32 Å². The second kappa shape index (κ2) is 6.84. The van der Waals surface area contributed by atoms with Gasteiger partial charge in [-0.3, -0.25) is 15.2 Å². The van der Waals surface area contributed by atoms with Crippen LogP contribution in [0.5, 0.6) is 0 Å². The summed E-state index contributed by atoms with van der Waals surface area (Å²) in [6, 6.07) is 7.63. The van der Waals surface area contributed by atoms with Crippen molar-refractivity contribution in [1.82, 2.24) is 19.7 Å². The van der Waals surface area contributed by atoms with Crippen LogP contribution in [0.25, 0.3) is 10.9 Å². The van der Waals surface area contributed by atoms with Crippen molar-refractivity contribution in [2.75, 3.05) is 19.0 Å². The van der Waals surface area contributed by atoms with Crippen LogP contribution in [-0.2, 0) is 11.3 Å². The zero-order valence-electron chi connectivity index (χ0n) is 14.0. The summed E-state index contributed by atoms with van der Waals surface area (Å²) in [7, 11) is 1.67. The quantitative estimate of drug-likeness (QED) is 0.729. The number of carbonyl (C=O) groups is 1. The number of hydrogen-bond donors (Lipinski definition) is 2. The summed E-state index contributed by atoms with van der Waals surface area (Å²) >= 11 is 0. The molecule has 1 amide bonds. The molecule has 7 heteroatoms. The second-order valence-electron chi connectivity index (χ2n) is 5.93. The van der Waals surface area contributed by atoms with E-state index in [1.54, 1.807) is 13.2 Å². The maximum absolute atomic E-state index is 12.4. The largest absolute Gasteiger partial charge is 0.383 e. The third kappa shape index (κ3) is 3.30. The smallest absolute Gasteiger partial charge is 0.258 e. The number of aromatic nitrogens is 4. The Morgan fingerprint density at radius 2 is 2.21 bits per heavy atom. The number of methoxy groups -OCH3 is 1. The minimum absolute atomic E-state index is 0.226. The molecule has 2 heterocycles. The number of nitrogens with one attached hydrogen (secondary N) is 2. The molecule has 0 radical (unpaired) electrons. The molecule has 7 nitrogen and oxygen atoms in total. The Labute approximate surface area is 140 Å². The second-order valence-corrected chi connectivity index (χ2v) is 5.93. The van der Waals surface area contributed by atoms with Gasteiger partial charge in [0, 0.05) is 36.8 Å². The minimum Gasteiger partial charge on any atom is -0.383 e. The lowest BCUT2D eigenvalue weighted by atomic mass is 10.1. The molecule has 2 N–H and O–H groups in total. The highest BCUT2D eigenvalue weighted by Gasteiger charge is 2.12. The highest BCUT2D eigenvalue weighted by atomic mass is 16.5. The van der Waals surface area contributed by atoms with Gasteiger partial charge >= 0.3 is 0 Å². The van der Waals surface area contributed by atoms with Gasteiger partial charge in [0.25, 0.3) is 5.91 Å². The van der Waals surface area contributed by atoms with Crippen LogP contribution in [-0.4, -0.2) is 39.4 Å². The van der Waals surface area contributed by atoms with Crippen LogP contribution in [0, 0.1) is 0 Å². The highest BCUT2D eigenvalue weighted by Crippen LogP contribution is 2.19. The molecule has 0 aliphatic heterocycles. The van der Waals surface area contributed by atoms with E-state index >= 15 is 0 Å². The maximum Gasteiger partial charge on any atom is 0.258 e. The maximum atomic E-state index is 12.4. The predicted octanol–water partition coefficient (Wildman–Crippen LogP) is 2.78. The van der Waals surface area contributed by atoms with Crippen LogP contribution in [0.4, 0.5) is 5.95 Å². The van der Waals surface area contributed by atoms with Gasteiger partial charge in [0.05, 0.1) is 6.61 Å². The molecule has 0 bridgehead atoms. The number of rotatable bonds is 6. The van der Waals surface area contributed by atoms with Crippen LogP contribution in [0.2, 0.25) is 0 Å². The van der Waals surface area contributed by atoms with Crippen molar-refractivity contribution in [3.05, 3.63) is 41.9 Å². The van der Waals surface area contributed by atoms with Crippen molar-refractivity contribution in [1.29, 1.82) is 0 Å². The lowest BCUT2D eigenvalue weighted by Gasteiger charge is -2.06. The molecule has 126 valence electrons. The number of carbonyl (C=O) groups excluding carboxylic acids is 1. The van der Waals surface area contributed by atoms with Crippen molar-refractivity contribution in [2.45, 2.75) is 26.3 Å². The van der Waals surface area contributed by atoms with Gasteiger partial charge < -0.3 is 9.30 Å². The summed E-state index contributed by atoms with van der Waals surface area (Å²) in [6.45, 7) is 5.38. The fraction of sp³-hybridized carbons (Fsp3) is 0.353. The Balaban J connectivity index is 1.80. The van der Waals surface area contributed by atoms with E-state index in [0.29, 0.717) is 18.1 Å². The first-order valence-electron chi connectivity index (χ1n) is 7.90. The van der Waals surface area contributed by atoms with Gasteiger partial charge in [-0.05, 0) is 23.6 Å². The monoisotopic (exact) mass is 327 g/mol. The van der Waals surface area contributed by atoms with Gasteiger partial charge in [-0.25, -0.2) is 0 Å². The normalized spacial score (nSPS) is 11.3. The fourth-order valence-electron chi connectivity index (χ4n) is 2.47. The molecule has 0 atom stereocenters. The molecule has 24 heavy (non-hydrogen) atoms. The summed E-state index contributed by atoms with van der Waals surface area (Å²) in [4.78, 5) is 16.7. The number of fused-ring (bicyclic) bond motifs is 1. The standard InChI is InChI=1S/C17H21N5O2/c1-11(2)15-18-17(21-20-15)19-16(23)13-5-4-12-6-7-22(8-9-24-3)14(12)10-13/h4-7,10-11H,8-9H2,1-3H3,(H2,18,19,20,21,23).